The Hall–Kier alpha value is -1.22. The van der Waals surface area contributed by atoms with Crippen LogP contribution in [0.4, 0.5) is 3.89 Å². The number of nitrogens with zero attached hydrogens (tertiary/aromatic N) is 1. The molecule has 1 saturated heterocycles. The highest BCUT2D eigenvalue weighted by Crippen LogP contribution is 2.23. The van der Waals surface area contributed by atoms with Crippen molar-refractivity contribution in [3.05, 3.63) is 0 Å². The fourth-order valence-electron chi connectivity index (χ4n) is 2.04. The number of amides is 1. The van der Waals surface area contributed by atoms with Gasteiger partial charge in [0.25, 0.3) is 0 Å². The van der Waals surface area contributed by atoms with Gasteiger partial charge in [-0.05, 0) is 0 Å². The van der Waals surface area contributed by atoms with Crippen LogP contribution in [0.1, 0.15) is 12.8 Å². The van der Waals surface area contributed by atoms with Crippen molar-refractivity contribution >= 4 is 22.1 Å². The van der Waals surface area contributed by atoms with Crippen molar-refractivity contribution in [2.24, 2.45) is 5.92 Å². The van der Waals surface area contributed by atoms with Crippen molar-refractivity contribution in [2.75, 3.05) is 18.9 Å². The molecule has 2 N–H and O–H groups in total. The largest absolute Gasteiger partial charge is 0.480 e. The molecule has 1 unspecified atom stereocenters. The molecule has 18 heavy (non-hydrogen) atoms. The number of hydrogen-bond acceptors (Lipinski definition) is 5. The molecular formula is C9H14FNO6S. The lowest BCUT2D eigenvalue weighted by Gasteiger charge is -2.23. The fraction of sp³-hybridized carbons (Fsp3) is 0.778. The Kier molecular flexibility index (Phi) is 4.63. The van der Waals surface area contributed by atoms with Gasteiger partial charge < -0.3 is 15.1 Å². The van der Waals surface area contributed by atoms with E-state index in [4.69, 9.17) is 10.2 Å². The molecule has 0 saturated carbocycles. The Morgan fingerprint density at radius 1 is 1.56 bits per heavy atom. The predicted molar refractivity (Wildman–Crippen MR) is 57.8 cm³/mol. The molecule has 0 radical (unpaired) electrons. The summed E-state index contributed by atoms with van der Waals surface area (Å²) >= 11 is 0. The van der Waals surface area contributed by atoms with Crippen LogP contribution in [0.5, 0.6) is 0 Å². The Balaban J connectivity index is 2.74. The number of aliphatic hydroxyl groups excluding tert-OH is 1. The number of carbonyl (C=O) groups excluding carboxylic acids is 1. The molecule has 2 atom stereocenters. The normalized spacial score (nSPS) is 22.2. The van der Waals surface area contributed by atoms with E-state index < -0.39 is 46.4 Å². The summed E-state index contributed by atoms with van der Waals surface area (Å²) in [7, 11) is -4.69. The molecule has 0 aromatic heterocycles. The van der Waals surface area contributed by atoms with Crippen molar-refractivity contribution in [3.8, 4) is 0 Å². The molecule has 0 bridgehead atoms. The third-order valence-electron chi connectivity index (χ3n) is 2.74. The summed E-state index contributed by atoms with van der Waals surface area (Å²) in [4.78, 5) is 23.5. The highest BCUT2D eigenvalue weighted by Gasteiger charge is 2.38. The number of hydrogen-bond donors (Lipinski definition) is 2. The van der Waals surface area contributed by atoms with E-state index in [0.29, 0.717) is 0 Å². The highest BCUT2D eigenvalue weighted by molar-refractivity contribution is 7.86. The second kappa shape index (κ2) is 5.61. The number of aliphatic hydroxyl groups is 1. The molecule has 9 heteroatoms. The first kappa shape index (κ1) is 14.8. The Morgan fingerprint density at radius 3 is 2.61 bits per heavy atom. The summed E-state index contributed by atoms with van der Waals surface area (Å²) in [6.45, 7) is -0.536. The van der Waals surface area contributed by atoms with Crippen LogP contribution in [0.3, 0.4) is 0 Å². The molecule has 7 nitrogen and oxygen atoms in total. The van der Waals surface area contributed by atoms with Gasteiger partial charge in [0, 0.05) is 31.9 Å². The first-order valence-corrected chi connectivity index (χ1v) is 6.85. The van der Waals surface area contributed by atoms with Gasteiger partial charge in [0.05, 0.1) is 5.75 Å². The molecule has 1 aliphatic rings. The maximum Gasteiger partial charge on any atom is 0.326 e. The van der Waals surface area contributed by atoms with E-state index in [1.165, 1.54) is 0 Å². The number of carboxylic acid groups (broad SMARTS) is 1. The summed E-state index contributed by atoms with van der Waals surface area (Å²) in [5.41, 5.74) is 0. The number of rotatable bonds is 6. The summed E-state index contributed by atoms with van der Waals surface area (Å²) in [5.74, 6) is -3.35. The van der Waals surface area contributed by atoms with Gasteiger partial charge in [0.2, 0.25) is 5.91 Å². The van der Waals surface area contributed by atoms with Crippen LogP contribution in [0.25, 0.3) is 0 Å². The number of carboxylic acids is 1. The van der Waals surface area contributed by atoms with Crippen LogP contribution in [0.2, 0.25) is 0 Å². The molecule has 1 rings (SSSR count). The van der Waals surface area contributed by atoms with Crippen LogP contribution in [0, 0.1) is 5.92 Å². The van der Waals surface area contributed by atoms with Gasteiger partial charge >= 0.3 is 16.2 Å². The SMILES string of the molecule is O=C(O)[C@H](CCO)N1CC(CS(=O)(=O)F)CC1=O. The Bertz CT molecular complexity index is 436. The van der Waals surface area contributed by atoms with E-state index in [9.17, 15) is 21.9 Å². The van der Waals surface area contributed by atoms with Crippen molar-refractivity contribution < 1.29 is 32.1 Å². The smallest absolute Gasteiger partial charge is 0.326 e. The summed E-state index contributed by atoms with van der Waals surface area (Å²) in [5, 5.41) is 17.6. The van der Waals surface area contributed by atoms with Gasteiger partial charge in [-0.1, -0.05) is 0 Å². The number of likely N-dealkylation sites (tertiary alicyclic amines) is 1. The van der Waals surface area contributed by atoms with Gasteiger partial charge in [-0.3, -0.25) is 4.79 Å². The van der Waals surface area contributed by atoms with Gasteiger partial charge in [0.1, 0.15) is 6.04 Å². The second-order valence-electron chi connectivity index (χ2n) is 4.19. The van der Waals surface area contributed by atoms with E-state index >= 15 is 0 Å². The zero-order chi connectivity index (χ0) is 13.9. The molecule has 1 fully saturated rings. The van der Waals surface area contributed by atoms with E-state index in [-0.39, 0.29) is 19.4 Å². The van der Waals surface area contributed by atoms with Gasteiger partial charge in [0.15, 0.2) is 0 Å². The lowest BCUT2D eigenvalue weighted by Crippen LogP contribution is -2.43. The van der Waals surface area contributed by atoms with Crippen molar-refractivity contribution in [2.45, 2.75) is 18.9 Å². The highest BCUT2D eigenvalue weighted by atomic mass is 32.3. The minimum atomic E-state index is -4.69. The molecular weight excluding hydrogens is 269 g/mol. The first-order valence-electron chi connectivity index (χ1n) is 5.30. The molecule has 0 aromatic rings. The average molecular weight is 283 g/mol. The molecule has 1 heterocycles. The zero-order valence-electron chi connectivity index (χ0n) is 9.45. The monoisotopic (exact) mass is 283 g/mol. The summed E-state index contributed by atoms with van der Waals surface area (Å²) in [6, 6.07) is -1.20. The van der Waals surface area contributed by atoms with E-state index in [0.717, 1.165) is 4.90 Å². The Labute approximate surface area is 103 Å². The maximum atomic E-state index is 12.5. The standard InChI is InChI=1S/C9H14FNO6S/c10-18(16,17)5-6-3-8(13)11(4-6)7(1-2-12)9(14)15/h6-7,12H,1-5H2,(H,14,15)/t6?,7-/m0/s1. The lowest BCUT2D eigenvalue weighted by molar-refractivity contribution is -0.148. The van der Waals surface area contributed by atoms with E-state index in [1.54, 1.807) is 0 Å². The zero-order valence-corrected chi connectivity index (χ0v) is 10.3. The Morgan fingerprint density at radius 2 is 2.17 bits per heavy atom. The minimum Gasteiger partial charge on any atom is -0.480 e. The van der Waals surface area contributed by atoms with Crippen molar-refractivity contribution in [1.29, 1.82) is 0 Å². The number of halogens is 1. The first-order chi connectivity index (χ1) is 8.24. The van der Waals surface area contributed by atoms with Crippen LogP contribution < -0.4 is 0 Å². The number of aliphatic carboxylic acids is 1. The average Bonchev–Trinajstić information content (AvgIpc) is 2.52. The van der Waals surface area contributed by atoms with Crippen LogP contribution >= 0.6 is 0 Å². The van der Waals surface area contributed by atoms with Crippen LogP contribution in [-0.4, -0.2) is 60.4 Å². The third kappa shape index (κ3) is 3.91. The van der Waals surface area contributed by atoms with Gasteiger partial charge in [-0.15, -0.1) is 3.89 Å². The van der Waals surface area contributed by atoms with E-state index in [2.05, 4.69) is 0 Å². The summed E-state index contributed by atoms with van der Waals surface area (Å²) in [6.07, 6.45) is -0.339. The maximum absolute atomic E-state index is 12.5. The lowest BCUT2D eigenvalue weighted by atomic mass is 10.1. The molecule has 0 spiro atoms. The fourth-order valence-corrected chi connectivity index (χ4v) is 2.82. The molecule has 1 aliphatic heterocycles. The van der Waals surface area contributed by atoms with E-state index in [1.807, 2.05) is 0 Å². The van der Waals surface area contributed by atoms with Crippen molar-refractivity contribution in [1.82, 2.24) is 4.90 Å². The number of carbonyl (C=O) groups is 2. The van der Waals surface area contributed by atoms with Gasteiger partial charge in [-0.2, -0.15) is 8.42 Å². The minimum absolute atomic E-state index is 0.126. The molecule has 0 aromatic carbocycles. The van der Waals surface area contributed by atoms with Crippen molar-refractivity contribution in [3.63, 3.8) is 0 Å². The van der Waals surface area contributed by atoms with Crippen LogP contribution in [0.15, 0.2) is 0 Å². The molecule has 104 valence electrons. The molecule has 1 amide bonds. The third-order valence-corrected chi connectivity index (χ3v) is 3.61. The van der Waals surface area contributed by atoms with Gasteiger partial charge in [-0.25, -0.2) is 4.79 Å². The second-order valence-corrected chi connectivity index (χ2v) is 5.60. The van der Waals surface area contributed by atoms with Crippen LogP contribution in [-0.2, 0) is 19.8 Å². The molecule has 0 aliphatic carbocycles. The summed E-state index contributed by atoms with van der Waals surface area (Å²) < 4.78 is 33.4. The quantitative estimate of drug-likeness (QED) is 0.603. The predicted octanol–water partition coefficient (Wildman–Crippen LogP) is -1.03. The topological polar surface area (TPSA) is 112 Å².